The van der Waals surface area contributed by atoms with Gasteiger partial charge in [-0.3, -0.25) is 9.59 Å². The van der Waals surface area contributed by atoms with Gasteiger partial charge in [0.05, 0.1) is 13.0 Å². The van der Waals surface area contributed by atoms with Gasteiger partial charge in [0.25, 0.3) is 5.91 Å². The van der Waals surface area contributed by atoms with Crippen molar-refractivity contribution in [3.05, 3.63) is 34.9 Å². The van der Waals surface area contributed by atoms with Crippen LogP contribution in [-0.4, -0.2) is 61.0 Å². The molecule has 5 nitrogen and oxygen atoms in total. The molecule has 1 aromatic rings. The summed E-state index contributed by atoms with van der Waals surface area (Å²) in [6.07, 6.45) is 4.79. The minimum absolute atomic E-state index is 0.0628. The van der Waals surface area contributed by atoms with Crippen molar-refractivity contribution in [2.75, 3.05) is 39.3 Å². The third-order valence-electron chi connectivity index (χ3n) is 4.62. The second kappa shape index (κ2) is 11.2. The molecule has 0 unspecified atom stereocenters. The molecule has 0 aromatic heterocycles. The van der Waals surface area contributed by atoms with Crippen LogP contribution in [0.15, 0.2) is 24.3 Å². The standard InChI is InChI=1S/C20H29ClN2O3/c1-2-26-19(24)11-16-23(15-6-5-14-22-12-3-4-13-22)20(25)17-7-9-18(21)10-8-17/h7-10H,2-6,11-16H2,1H3. The number of amides is 1. The monoisotopic (exact) mass is 380 g/mol. The van der Waals surface area contributed by atoms with E-state index in [-0.39, 0.29) is 18.3 Å². The Morgan fingerprint density at radius 1 is 1.12 bits per heavy atom. The lowest BCUT2D eigenvalue weighted by atomic mass is 10.1. The average molecular weight is 381 g/mol. The topological polar surface area (TPSA) is 49.9 Å². The van der Waals surface area contributed by atoms with E-state index in [0.717, 1.165) is 19.4 Å². The van der Waals surface area contributed by atoms with Gasteiger partial charge >= 0.3 is 5.97 Å². The number of rotatable bonds is 10. The van der Waals surface area contributed by atoms with Crippen LogP contribution in [0.1, 0.15) is 49.4 Å². The Hall–Kier alpha value is -1.59. The molecule has 0 radical (unpaired) electrons. The number of nitrogens with zero attached hydrogens (tertiary/aromatic N) is 2. The van der Waals surface area contributed by atoms with Crippen LogP contribution in [0.4, 0.5) is 0 Å². The molecule has 1 amide bonds. The summed E-state index contributed by atoms with van der Waals surface area (Å²) in [7, 11) is 0. The van der Waals surface area contributed by atoms with Gasteiger partial charge in [-0.25, -0.2) is 0 Å². The Labute approximate surface area is 161 Å². The number of unbranched alkanes of at least 4 members (excludes halogenated alkanes) is 1. The Morgan fingerprint density at radius 2 is 1.81 bits per heavy atom. The van der Waals surface area contributed by atoms with E-state index in [1.165, 1.54) is 25.9 Å². The average Bonchev–Trinajstić information content (AvgIpc) is 3.15. The fourth-order valence-corrected chi connectivity index (χ4v) is 3.32. The third kappa shape index (κ3) is 6.96. The van der Waals surface area contributed by atoms with Crippen LogP contribution in [-0.2, 0) is 9.53 Å². The Balaban J connectivity index is 1.87. The molecule has 0 N–H and O–H groups in total. The van der Waals surface area contributed by atoms with Crippen molar-refractivity contribution in [1.29, 1.82) is 0 Å². The molecule has 0 atom stereocenters. The third-order valence-corrected chi connectivity index (χ3v) is 4.87. The molecular formula is C20H29ClN2O3. The maximum Gasteiger partial charge on any atom is 0.307 e. The van der Waals surface area contributed by atoms with Crippen molar-refractivity contribution in [1.82, 2.24) is 9.80 Å². The molecule has 0 saturated carbocycles. The lowest BCUT2D eigenvalue weighted by molar-refractivity contribution is -0.143. The van der Waals surface area contributed by atoms with E-state index in [1.807, 2.05) is 0 Å². The Kier molecular flexibility index (Phi) is 8.92. The fraction of sp³-hybridized carbons (Fsp3) is 0.600. The van der Waals surface area contributed by atoms with Crippen molar-refractivity contribution in [3.63, 3.8) is 0 Å². The number of esters is 1. The van der Waals surface area contributed by atoms with Gasteiger partial charge in [-0.15, -0.1) is 0 Å². The first kappa shape index (κ1) is 20.7. The fourth-order valence-electron chi connectivity index (χ4n) is 3.19. The van der Waals surface area contributed by atoms with Crippen molar-refractivity contribution < 1.29 is 14.3 Å². The molecule has 0 bridgehead atoms. The van der Waals surface area contributed by atoms with Crippen molar-refractivity contribution in [2.45, 2.75) is 39.0 Å². The number of likely N-dealkylation sites (tertiary alicyclic amines) is 1. The second-order valence-corrected chi connectivity index (χ2v) is 7.05. The molecule has 1 aliphatic rings. The number of carbonyl (C=O) groups excluding carboxylic acids is 2. The van der Waals surface area contributed by atoms with Gasteiger partial charge in [0.15, 0.2) is 0 Å². The molecule has 1 fully saturated rings. The zero-order valence-corrected chi connectivity index (χ0v) is 16.3. The van der Waals surface area contributed by atoms with Gasteiger partial charge in [-0.1, -0.05) is 11.6 Å². The molecule has 0 aliphatic carbocycles. The van der Waals surface area contributed by atoms with Crippen LogP contribution in [0.3, 0.4) is 0 Å². The second-order valence-electron chi connectivity index (χ2n) is 6.61. The highest BCUT2D eigenvalue weighted by molar-refractivity contribution is 6.30. The molecular weight excluding hydrogens is 352 g/mol. The van der Waals surface area contributed by atoms with Gasteiger partial charge in [-0.2, -0.15) is 0 Å². The summed E-state index contributed by atoms with van der Waals surface area (Å²) < 4.78 is 4.99. The Bertz CT molecular complexity index is 571. The summed E-state index contributed by atoms with van der Waals surface area (Å²) in [5, 5.41) is 0.602. The van der Waals surface area contributed by atoms with E-state index < -0.39 is 0 Å². The Morgan fingerprint density at radius 3 is 2.46 bits per heavy atom. The number of carbonyl (C=O) groups is 2. The minimum Gasteiger partial charge on any atom is -0.466 e. The number of halogens is 1. The summed E-state index contributed by atoms with van der Waals surface area (Å²) in [5.74, 6) is -0.328. The van der Waals surface area contributed by atoms with Gasteiger partial charge < -0.3 is 14.5 Å². The SMILES string of the molecule is CCOC(=O)CCN(CCCCN1CCCC1)C(=O)c1ccc(Cl)cc1. The van der Waals surface area contributed by atoms with Gasteiger partial charge in [0, 0.05) is 23.7 Å². The molecule has 1 saturated heterocycles. The van der Waals surface area contributed by atoms with Crippen LogP contribution < -0.4 is 0 Å². The number of hydrogen-bond donors (Lipinski definition) is 0. The van der Waals surface area contributed by atoms with Gasteiger partial charge in [0.2, 0.25) is 0 Å². The van der Waals surface area contributed by atoms with Crippen LogP contribution in [0.5, 0.6) is 0 Å². The van der Waals surface area contributed by atoms with E-state index in [1.54, 1.807) is 36.1 Å². The van der Waals surface area contributed by atoms with Crippen molar-refractivity contribution in [2.24, 2.45) is 0 Å². The highest BCUT2D eigenvalue weighted by atomic mass is 35.5. The first-order chi connectivity index (χ1) is 12.6. The highest BCUT2D eigenvalue weighted by Crippen LogP contribution is 2.13. The predicted molar refractivity (Wildman–Crippen MR) is 104 cm³/mol. The maximum atomic E-state index is 12.8. The normalized spacial score (nSPS) is 14.4. The number of ether oxygens (including phenoxy) is 1. The summed E-state index contributed by atoms with van der Waals surface area (Å²) >= 11 is 5.91. The minimum atomic E-state index is -0.265. The quantitative estimate of drug-likeness (QED) is 0.459. The zero-order chi connectivity index (χ0) is 18.8. The summed E-state index contributed by atoms with van der Waals surface area (Å²) in [4.78, 5) is 28.7. The molecule has 6 heteroatoms. The molecule has 1 aromatic carbocycles. The molecule has 144 valence electrons. The smallest absolute Gasteiger partial charge is 0.307 e. The van der Waals surface area contributed by atoms with E-state index in [0.29, 0.717) is 30.3 Å². The maximum absolute atomic E-state index is 12.8. The lowest BCUT2D eigenvalue weighted by Gasteiger charge is -2.23. The molecule has 26 heavy (non-hydrogen) atoms. The van der Waals surface area contributed by atoms with Gasteiger partial charge in [0.1, 0.15) is 0 Å². The van der Waals surface area contributed by atoms with Crippen molar-refractivity contribution >= 4 is 23.5 Å². The summed E-state index contributed by atoms with van der Waals surface area (Å²) in [6.45, 7) is 6.64. The summed E-state index contributed by atoms with van der Waals surface area (Å²) in [5.41, 5.74) is 0.595. The number of hydrogen-bond acceptors (Lipinski definition) is 4. The van der Waals surface area contributed by atoms with E-state index in [9.17, 15) is 9.59 Å². The first-order valence-electron chi connectivity index (χ1n) is 9.53. The van der Waals surface area contributed by atoms with Crippen LogP contribution >= 0.6 is 11.6 Å². The number of benzene rings is 1. The first-order valence-corrected chi connectivity index (χ1v) is 9.90. The molecule has 0 spiro atoms. The zero-order valence-electron chi connectivity index (χ0n) is 15.6. The molecule has 1 heterocycles. The van der Waals surface area contributed by atoms with Gasteiger partial charge in [-0.05, 0) is 76.5 Å². The van der Waals surface area contributed by atoms with E-state index >= 15 is 0 Å². The van der Waals surface area contributed by atoms with Crippen LogP contribution in [0, 0.1) is 0 Å². The lowest BCUT2D eigenvalue weighted by Crippen LogP contribution is -2.34. The summed E-state index contributed by atoms with van der Waals surface area (Å²) in [6, 6.07) is 6.88. The molecule has 1 aliphatic heterocycles. The van der Waals surface area contributed by atoms with E-state index in [2.05, 4.69) is 4.90 Å². The van der Waals surface area contributed by atoms with E-state index in [4.69, 9.17) is 16.3 Å². The molecule has 2 rings (SSSR count). The predicted octanol–water partition coefficient (Wildman–Crippen LogP) is 3.61. The largest absolute Gasteiger partial charge is 0.466 e. The van der Waals surface area contributed by atoms with Crippen molar-refractivity contribution in [3.8, 4) is 0 Å². The van der Waals surface area contributed by atoms with Crippen LogP contribution in [0.2, 0.25) is 5.02 Å². The highest BCUT2D eigenvalue weighted by Gasteiger charge is 2.18. The van der Waals surface area contributed by atoms with Crippen LogP contribution in [0.25, 0.3) is 0 Å².